The van der Waals surface area contributed by atoms with Gasteiger partial charge in [-0.1, -0.05) is 6.92 Å². The molecule has 2 aliphatic rings. The molecule has 9 heteroatoms. The SMILES string of the molecule is CC1CCCN(S(=O)(=O)N2CCCC(C(=O)Nc3ccc(Br)cn3)C2)C1. The molecule has 0 aliphatic carbocycles. The van der Waals surface area contributed by atoms with Crippen LogP contribution in [0.4, 0.5) is 5.82 Å². The van der Waals surface area contributed by atoms with E-state index in [0.717, 1.165) is 17.3 Å². The van der Waals surface area contributed by atoms with Crippen LogP contribution >= 0.6 is 15.9 Å². The molecule has 2 atom stereocenters. The summed E-state index contributed by atoms with van der Waals surface area (Å²) in [5, 5.41) is 2.79. The van der Waals surface area contributed by atoms with E-state index < -0.39 is 10.2 Å². The summed E-state index contributed by atoms with van der Waals surface area (Å²) >= 11 is 3.31. The van der Waals surface area contributed by atoms with E-state index in [0.29, 0.717) is 44.2 Å². The van der Waals surface area contributed by atoms with Crippen LogP contribution in [0.15, 0.2) is 22.8 Å². The molecule has 3 rings (SSSR count). The molecule has 7 nitrogen and oxygen atoms in total. The van der Waals surface area contributed by atoms with Gasteiger partial charge < -0.3 is 5.32 Å². The molecule has 1 N–H and O–H groups in total. The van der Waals surface area contributed by atoms with Crippen molar-refractivity contribution >= 4 is 37.9 Å². The van der Waals surface area contributed by atoms with Gasteiger partial charge in [0, 0.05) is 36.8 Å². The van der Waals surface area contributed by atoms with E-state index >= 15 is 0 Å². The van der Waals surface area contributed by atoms with Crippen LogP contribution in [0.1, 0.15) is 32.6 Å². The maximum Gasteiger partial charge on any atom is 0.282 e. The molecule has 0 spiro atoms. The fourth-order valence-corrected chi connectivity index (χ4v) is 5.66. The number of pyridine rings is 1. The van der Waals surface area contributed by atoms with E-state index in [1.165, 1.54) is 4.31 Å². The van der Waals surface area contributed by atoms with E-state index in [1.807, 2.05) is 0 Å². The van der Waals surface area contributed by atoms with Crippen molar-refractivity contribution < 1.29 is 13.2 Å². The van der Waals surface area contributed by atoms with Crippen LogP contribution in [0.5, 0.6) is 0 Å². The van der Waals surface area contributed by atoms with Crippen LogP contribution in [0.25, 0.3) is 0 Å². The Balaban J connectivity index is 1.64. The third-order valence-corrected chi connectivity index (χ3v) is 7.44. The smallest absolute Gasteiger partial charge is 0.282 e. The minimum atomic E-state index is -3.50. The van der Waals surface area contributed by atoms with Gasteiger partial charge in [-0.2, -0.15) is 17.0 Å². The van der Waals surface area contributed by atoms with Gasteiger partial charge in [0.25, 0.3) is 10.2 Å². The first-order chi connectivity index (χ1) is 12.4. The van der Waals surface area contributed by atoms with Crippen molar-refractivity contribution in [2.45, 2.75) is 32.6 Å². The second kappa shape index (κ2) is 8.33. The van der Waals surface area contributed by atoms with Crippen LogP contribution in [0.3, 0.4) is 0 Å². The van der Waals surface area contributed by atoms with Crippen molar-refractivity contribution in [3.05, 3.63) is 22.8 Å². The van der Waals surface area contributed by atoms with Crippen molar-refractivity contribution in [2.75, 3.05) is 31.5 Å². The van der Waals surface area contributed by atoms with E-state index in [1.54, 1.807) is 22.6 Å². The minimum absolute atomic E-state index is 0.174. The highest BCUT2D eigenvalue weighted by atomic mass is 79.9. The molecule has 0 radical (unpaired) electrons. The number of anilines is 1. The quantitative estimate of drug-likeness (QED) is 0.772. The molecule has 2 unspecified atom stereocenters. The Morgan fingerprint density at radius 1 is 1.19 bits per heavy atom. The first kappa shape index (κ1) is 19.7. The Morgan fingerprint density at radius 3 is 2.54 bits per heavy atom. The number of hydrogen-bond acceptors (Lipinski definition) is 4. The highest BCUT2D eigenvalue weighted by Gasteiger charge is 2.37. The van der Waals surface area contributed by atoms with Crippen molar-refractivity contribution in [2.24, 2.45) is 11.8 Å². The molecule has 1 aromatic rings. The first-order valence-electron chi connectivity index (χ1n) is 9.04. The fraction of sp³-hybridized carbons (Fsp3) is 0.647. The van der Waals surface area contributed by atoms with E-state index in [2.05, 4.69) is 33.2 Å². The number of rotatable bonds is 4. The van der Waals surface area contributed by atoms with E-state index in [4.69, 9.17) is 0 Å². The van der Waals surface area contributed by atoms with E-state index in [-0.39, 0.29) is 18.4 Å². The van der Waals surface area contributed by atoms with Gasteiger partial charge in [0.2, 0.25) is 5.91 Å². The van der Waals surface area contributed by atoms with Gasteiger partial charge in [-0.3, -0.25) is 4.79 Å². The lowest BCUT2D eigenvalue weighted by molar-refractivity contribution is -0.120. The van der Waals surface area contributed by atoms with Gasteiger partial charge in [-0.25, -0.2) is 4.98 Å². The Hall–Kier alpha value is -1.03. The predicted octanol–water partition coefficient (Wildman–Crippen LogP) is 2.47. The molecule has 1 amide bonds. The highest BCUT2D eigenvalue weighted by Crippen LogP contribution is 2.25. The van der Waals surface area contributed by atoms with Crippen molar-refractivity contribution in [1.29, 1.82) is 0 Å². The number of aromatic nitrogens is 1. The van der Waals surface area contributed by atoms with Crippen LogP contribution < -0.4 is 5.32 Å². The number of nitrogens with one attached hydrogen (secondary N) is 1. The number of amides is 1. The third kappa shape index (κ3) is 4.62. The second-order valence-electron chi connectivity index (χ2n) is 7.16. The Labute approximate surface area is 163 Å². The Bertz CT molecular complexity index is 741. The van der Waals surface area contributed by atoms with Gasteiger partial charge >= 0.3 is 0 Å². The fourth-order valence-electron chi connectivity index (χ4n) is 3.56. The summed E-state index contributed by atoms with van der Waals surface area (Å²) in [7, 11) is -3.50. The molecule has 2 saturated heterocycles. The number of nitrogens with zero attached hydrogens (tertiary/aromatic N) is 3. The standard InChI is InChI=1S/C17H25BrN4O3S/c1-13-4-2-8-21(11-13)26(24,25)22-9-3-5-14(12-22)17(23)20-16-7-6-15(18)10-19-16/h6-7,10,13-14H,2-5,8-9,11-12H2,1H3,(H,19,20,23). The molecular formula is C17H25BrN4O3S. The maximum absolute atomic E-state index is 13.0. The Morgan fingerprint density at radius 2 is 1.88 bits per heavy atom. The van der Waals surface area contributed by atoms with Gasteiger partial charge in [0.1, 0.15) is 5.82 Å². The van der Waals surface area contributed by atoms with Crippen molar-refractivity contribution in [1.82, 2.24) is 13.6 Å². The topological polar surface area (TPSA) is 82.6 Å². The van der Waals surface area contributed by atoms with Crippen LogP contribution in [-0.2, 0) is 15.0 Å². The molecule has 3 heterocycles. The molecule has 1 aromatic heterocycles. The molecule has 0 saturated carbocycles. The summed E-state index contributed by atoms with van der Waals surface area (Å²) in [6.07, 6.45) is 4.95. The third-order valence-electron chi connectivity index (χ3n) is 5.01. The van der Waals surface area contributed by atoms with Crippen molar-refractivity contribution in [3.63, 3.8) is 0 Å². The molecule has 2 fully saturated rings. The number of carbonyl (C=O) groups excluding carboxylic acids is 1. The normalized spacial score (nSPS) is 25.8. The van der Waals surface area contributed by atoms with E-state index in [9.17, 15) is 13.2 Å². The predicted molar refractivity (Wildman–Crippen MR) is 104 cm³/mol. The number of piperidine rings is 2. The maximum atomic E-state index is 13.0. The summed E-state index contributed by atoms with van der Waals surface area (Å²) in [6.45, 7) is 3.93. The second-order valence-corrected chi connectivity index (χ2v) is 10.0. The van der Waals surface area contributed by atoms with Gasteiger partial charge in [0.15, 0.2) is 0 Å². The summed E-state index contributed by atoms with van der Waals surface area (Å²) in [6, 6.07) is 3.52. The molecule has 0 aromatic carbocycles. The average Bonchev–Trinajstić information content (AvgIpc) is 2.63. The van der Waals surface area contributed by atoms with Gasteiger partial charge in [-0.05, 0) is 59.7 Å². The summed E-state index contributed by atoms with van der Waals surface area (Å²) in [5.74, 6) is 0.326. The molecule has 26 heavy (non-hydrogen) atoms. The lowest BCUT2D eigenvalue weighted by Crippen LogP contribution is -2.51. The molecule has 2 aliphatic heterocycles. The number of carbonyl (C=O) groups is 1. The zero-order chi connectivity index (χ0) is 18.7. The van der Waals surface area contributed by atoms with Crippen molar-refractivity contribution in [3.8, 4) is 0 Å². The molecular weight excluding hydrogens is 420 g/mol. The highest BCUT2D eigenvalue weighted by molar-refractivity contribution is 9.10. The number of halogens is 1. The number of hydrogen-bond donors (Lipinski definition) is 1. The van der Waals surface area contributed by atoms with Gasteiger partial charge in [0.05, 0.1) is 5.92 Å². The molecule has 144 valence electrons. The largest absolute Gasteiger partial charge is 0.310 e. The van der Waals surface area contributed by atoms with Crippen LogP contribution in [0.2, 0.25) is 0 Å². The zero-order valence-electron chi connectivity index (χ0n) is 14.9. The summed E-state index contributed by atoms with van der Waals surface area (Å²) in [4.78, 5) is 16.7. The zero-order valence-corrected chi connectivity index (χ0v) is 17.3. The summed E-state index contributed by atoms with van der Waals surface area (Å²) < 4.78 is 29.8. The van der Waals surface area contributed by atoms with Gasteiger partial charge in [-0.15, -0.1) is 0 Å². The lowest BCUT2D eigenvalue weighted by Gasteiger charge is -2.37. The average molecular weight is 445 g/mol. The summed E-state index contributed by atoms with van der Waals surface area (Å²) in [5.41, 5.74) is 0. The van der Waals surface area contributed by atoms with Crippen LogP contribution in [0, 0.1) is 11.8 Å². The molecule has 0 bridgehead atoms. The first-order valence-corrected chi connectivity index (χ1v) is 11.2. The lowest BCUT2D eigenvalue weighted by atomic mass is 9.99. The Kier molecular flexibility index (Phi) is 6.32. The minimum Gasteiger partial charge on any atom is -0.310 e. The van der Waals surface area contributed by atoms with Crippen LogP contribution in [-0.4, -0.2) is 54.1 Å². The monoisotopic (exact) mass is 444 g/mol.